The Labute approximate surface area is 126 Å². The van der Waals surface area contributed by atoms with Gasteiger partial charge in [-0.05, 0) is 52.0 Å². The van der Waals surface area contributed by atoms with E-state index in [-0.39, 0.29) is 23.2 Å². The van der Waals surface area contributed by atoms with Gasteiger partial charge in [0.15, 0.2) is 5.78 Å². The summed E-state index contributed by atoms with van der Waals surface area (Å²) in [6.07, 6.45) is 0. The molecule has 21 heavy (non-hydrogen) atoms. The van der Waals surface area contributed by atoms with Gasteiger partial charge in [-0.3, -0.25) is 14.6 Å². The highest BCUT2D eigenvalue weighted by molar-refractivity contribution is 5.99. The lowest BCUT2D eigenvalue weighted by Crippen LogP contribution is -2.56. The Morgan fingerprint density at radius 3 is 2.10 bits per heavy atom. The first-order valence-corrected chi connectivity index (χ1v) is 7.58. The maximum atomic E-state index is 12.9. The second kappa shape index (κ2) is 6.24. The molecular formula is C17H25FN2O. The van der Waals surface area contributed by atoms with E-state index >= 15 is 0 Å². The number of Topliss-reactive ketones (excluding diaryl/α,β-unsaturated/α-hetero) is 1. The molecule has 1 aromatic carbocycles. The van der Waals surface area contributed by atoms with Gasteiger partial charge in [0.1, 0.15) is 5.82 Å². The minimum absolute atomic E-state index is 0.0687. The molecule has 1 aliphatic heterocycles. The van der Waals surface area contributed by atoms with Crippen molar-refractivity contribution in [3.8, 4) is 0 Å². The molecule has 1 saturated heterocycles. The quantitative estimate of drug-likeness (QED) is 0.800. The lowest BCUT2D eigenvalue weighted by Gasteiger charge is -2.43. The molecule has 0 radical (unpaired) electrons. The summed E-state index contributed by atoms with van der Waals surface area (Å²) in [5, 5.41) is 0. The third-order valence-electron chi connectivity index (χ3n) is 4.32. The van der Waals surface area contributed by atoms with Crippen LogP contribution in [0.25, 0.3) is 0 Å². The van der Waals surface area contributed by atoms with E-state index in [0.29, 0.717) is 5.56 Å². The third kappa shape index (κ3) is 3.89. The summed E-state index contributed by atoms with van der Waals surface area (Å²) in [7, 11) is 0. The SMILES string of the molecule is CC(C(=O)c1ccc(F)cc1)N1CCN(C(C)(C)C)CC1. The molecule has 1 unspecified atom stereocenters. The average molecular weight is 292 g/mol. The Balaban J connectivity index is 1.97. The molecule has 4 heteroatoms. The van der Waals surface area contributed by atoms with Crippen LogP contribution in [0.4, 0.5) is 4.39 Å². The summed E-state index contributed by atoms with van der Waals surface area (Å²) in [5.74, 6) is -0.239. The van der Waals surface area contributed by atoms with Gasteiger partial charge in [-0.25, -0.2) is 4.39 Å². The fraction of sp³-hybridized carbons (Fsp3) is 0.588. The minimum atomic E-state index is -0.307. The van der Waals surface area contributed by atoms with E-state index in [4.69, 9.17) is 0 Å². The summed E-state index contributed by atoms with van der Waals surface area (Å²) in [6, 6.07) is 5.67. The molecule has 1 atom stereocenters. The van der Waals surface area contributed by atoms with E-state index < -0.39 is 0 Å². The number of hydrogen-bond acceptors (Lipinski definition) is 3. The predicted octanol–water partition coefficient (Wildman–Crippen LogP) is 2.81. The van der Waals surface area contributed by atoms with E-state index in [1.165, 1.54) is 12.1 Å². The molecule has 0 N–H and O–H groups in total. The molecule has 1 heterocycles. The van der Waals surface area contributed by atoms with Gasteiger partial charge < -0.3 is 0 Å². The highest BCUT2D eigenvalue weighted by Gasteiger charge is 2.30. The van der Waals surface area contributed by atoms with Crippen LogP contribution in [0.3, 0.4) is 0 Å². The Kier molecular flexibility index (Phi) is 4.79. The minimum Gasteiger partial charge on any atom is -0.296 e. The van der Waals surface area contributed by atoms with Crippen LogP contribution in [0.2, 0.25) is 0 Å². The van der Waals surface area contributed by atoms with Crippen molar-refractivity contribution in [3.63, 3.8) is 0 Å². The normalized spacial score (nSPS) is 19.5. The molecule has 0 aliphatic carbocycles. The lowest BCUT2D eigenvalue weighted by molar-refractivity contribution is 0.0420. The first-order chi connectivity index (χ1) is 9.79. The van der Waals surface area contributed by atoms with Gasteiger partial charge in [-0.2, -0.15) is 0 Å². The standard InChI is InChI=1S/C17H25FN2O/c1-13(16(21)14-5-7-15(18)8-6-14)19-9-11-20(12-10-19)17(2,3)4/h5-8,13H,9-12H2,1-4H3. The summed E-state index contributed by atoms with van der Waals surface area (Å²) in [6.45, 7) is 12.3. The van der Waals surface area contributed by atoms with Gasteiger partial charge in [-0.1, -0.05) is 0 Å². The molecule has 3 nitrogen and oxygen atoms in total. The van der Waals surface area contributed by atoms with E-state index in [2.05, 4.69) is 30.6 Å². The van der Waals surface area contributed by atoms with Gasteiger partial charge in [0.2, 0.25) is 0 Å². The second-order valence-electron chi connectivity index (χ2n) is 6.74. The van der Waals surface area contributed by atoms with Gasteiger partial charge in [-0.15, -0.1) is 0 Å². The molecule has 1 aromatic rings. The zero-order chi connectivity index (χ0) is 15.6. The number of benzene rings is 1. The summed E-state index contributed by atoms with van der Waals surface area (Å²) in [4.78, 5) is 17.1. The van der Waals surface area contributed by atoms with Crippen molar-refractivity contribution in [2.24, 2.45) is 0 Å². The van der Waals surface area contributed by atoms with Gasteiger partial charge >= 0.3 is 0 Å². The summed E-state index contributed by atoms with van der Waals surface area (Å²) < 4.78 is 12.9. The number of halogens is 1. The van der Waals surface area contributed by atoms with Crippen LogP contribution in [0.5, 0.6) is 0 Å². The maximum absolute atomic E-state index is 12.9. The Morgan fingerprint density at radius 1 is 1.10 bits per heavy atom. The van der Waals surface area contributed by atoms with Crippen LogP contribution in [0.1, 0.15) is 38.1 Å². The van der Waals surface area contributed by atoms with Crippen LogP contribution in [-0.4, -0.2) is 53.3 Å². The average Bonchev–Trinajstić information content (AvgIpc) is 2.46. The Morgan fingerprint density at radius 2 is 1.62 bits per heavy atom. The lowest BCUT2D eigenvalue weighted by atomic mass is 10.0. The van der Waals surface area contributed by atoms with Gasteiger partial charge in [0.05, 0.1) is 6.04 Å². The second-order valence-corrected chi connectivity index (χ2v) is 6.74. The van der Waals surface area contributed by atoms with Crippen LogP contribution in [0, 0.1) is 5.82 Å². The predicted molar refractivity (Wildman–Crippen MR) is 83.1 cm³/mol. The van der Waals surface area contributed by atoms with E-state index in [1.54, 1.807) is 12.1 Å². The number of carbonyl (C=O) groups is 1. The van der Waals surface area contributed by atoms with Crippen molar-refractivity contribution in [2.75, 3.05) is 26.2 Å². The molecule has 0 bridgehead atoms. The number of rotatable bonds is 3. The zero-order valence-electron chi connectivity index (χ0n) is 13.4. The van der Waals surface area contributed by atoms with E-state index in [1.807, 2.05) is 6.92 Å². The molecule has 0 spiro atoms. The third-order valence-corrected chi connectivity index (χ3v) is 4.32. The smallest absolute Gasteiger partial charge is 0.179 e. The topological polar surface area (TPSA) is 23.6 Å². The monoisotopic (exact) mass is 292 g/mol. The van der Waals surface area contributed by atoms with Gasteiger partial charge in [0.25, 0.3) is 0 Å². The van der Waals surface area contributed by atoms with Crippen molar-refractivity contribution in [1.29, 1.82) is 0 Å². The van der Waals surface area contributed by atoms with E-state index in [0.717, 1.165) is 26.2 Å². The van der Waals surface area contributed by atoms with Crippen molar-refractivity contribution < 1.29 is 9.18 Å². The van der Waals surface area contributed by atoms with Crippen LogP contribution in [0.15, 0.2) is 24.3 Å². The molecule has 1 aliphatic rings. The summed E-state index contributed by atoms with van der Waals surface area (Å²) >= 11 is 0. The first-order valence-electron chi connectivity index (χ1n) is 7.58. The van der Waals surface area contributed by atoms with Crippen LogP contribution >= 0.6 is 0 Å². The Hall–Kier alpha value is -1.26. The number of hydrogen-bond donors (Lipinski definition) is 0. The van der Waals surface area contributed by atoms with Crippen molar-refractivity contribution in [1.82, 2.24) is 9.80 Å². The highest BCUT2D eigenvalue weighted by atomic mass is 19.1. The molecule has 0 amide bonds. The zero-order valence-corrected chi connectivity index (χ0v) is 13.4. The maximum Gasteiger partial charge on any atom is 0.179 e. The largest absolute Gasteiger partial charge is 0.296 e. The number of ketones is 1. The molecular weight excluding hydrogens is 267 g/mol. The Bertz CT molecular complexity index is 485. The first kappa shape index (κ1) is 16.1. The molecule has 2 rings (SSSR count). The number of piperazine rings is 1. The fourth-order valence-electron chi connectivity index (χ4n) is 2.80. The molecule has 0 aromatic heterocycles. The number of carbonyl (C=O) groups excluding carboxylic acids is 1. The molecule has 1 fully saturated rings. The van der Waals surface area contributed by atoms with E-state index in [9.17, 15) is 9.18 Å². The fourth-order valence-corrected chi connectivity index (χ4v) is 2.80. The van der Waals surface area contributed by atoms with Crippen molar-refractivity contribution in [3.05, 3.63) is 35.6 Å². The highest BCUT2D eigenvalue weighted by Crippen LogP contribution is 2.18. The van der Waals surface area contributed by atoms with Gasteiger partial charge in [0, 0.05) is 37.3 Å². The molecule has 0 saturated carbocycles. The van der Waals surface area contributed by atoms with Crippen molar-refractivity contribution in [2.45, 2.75) is 39.3 Å². The van der Waals surface area contributed by atoms with Crippen LogP contribution in [-0.2, 0) is 0 Å². The van der Waals surface area contributed by atoms with Crippen LogP contribution < -0.4 is 0 Å². The molecule has 116 valence electrons. The summed E-state index contributed by atoms with van der Waals surface area (Å²) in [5.41, 5.74) is 0.762. The van der Waals surface area contributed by atoms with Crippen molar-refractivity contribution >= 4 is 5.78 Å². The number of nitrogens with zero attached hydrogens (tertiary/aromatic N) is 2.